The highest BCUT2D eigenvalue weighted by Crippen LogP contribution is 2.40. The summed E-state index contributed by atoms with van der Waals surface area (Å²) in [6.07, 6.45) is -6.53. The third-order valence-electron chi connectivity index (χ3n) is 6.45. The van der Waals surface area contributed by atoms with Crippen LogP contribution in [0.15, 0.2) is 72.9 Å². The molecule has 1 heterocycles. The third-order valence-corrected chi connectivity index (χ3v) is 6.70. The number of nitrogens with one attached hydrogen (secondary N) is 3. The van der Waals surface area contributed by atoms with Crippen molar-refractivity contribution in [2.45, 2.75) is 25.2 Å². The van der Waals surface area contributed by atoms with Gasteiger partial charge in [-0.25, -0.2) is 9.78 Å². The number of urea groups is 1. The van der Waals surface area contributed by atoms with Gasteiger partial charge in [-0.3, -0.25) is 0 Å². The molecule has 4 aromatic rings. The normalized spacial score (nSPS) is 11.8. The molecule has 0 saturated heterocycles. The minimum atomic E-state index is -4.92. The molecule has 0 saturated carbocycles. The monoisotopic (exact) mass is 666 g/mol. The molecule has 0 aliphatic rings. The number of hydrogen-bond donors (Lipinski definition) is 3. The molecule has 1 aromatic heterocycles. The van der Waals surface area contributed by atoms with Gasteiger partial charge in [-0.05, 0) is 87.1 Å². The molecule has 8 nitrogen and oxygen atoms in total. The summed E-state index contributed by atoms with van der Waals surface area (Å²) in [5.41, 5.74) is -3.18. The van der Waals surface area contributed by atoms with Crippen molar-refractivity contribution in [1.82, 2.24) is 14.9 Å². The number of carbonyl (C=O) groups excluding carboxylic acids is 1. The van der Waals surface area contributed by atoms with Gasteiger partial charge >= 0.3 is 18.4 Å². The summed E-state index contributed by atoms with van der Waals surface area (Å²) in [7, 11) is 3.94. The summed E-state index contributed by atoms with van der Waals surface area (Å²) >= 11 is 5.84. The summed E-state index contributed by atoms with van der Waals surface area (Å²) in [4.78, 5) is 22.9. The van der Waals surface area contributed by atoms with Crippen LogP contribution in [-0.4, -0.2) is 48.1 Å². The molecular formula is C31H29ClF6N6O2. The first-order chi connectivity index (χ1) is 21.7. The topological polar surface area (TPSA) is 91.4 Å². The van der Waals surface area contributed by atoms with E-state index in [1.165, 1.54) is 48.7 Å². The number of rotatable bonds is 11. The molecule has 2 amide bonds. The van der Waals surface area contributed by atoms with Crippen LogP contribution in [0.5, 0.6) is 11.6 Å². The molecule has 0 atom stereocenters. The van der Waals surface area contributed by atoms with Crippen LogP contribution < -0.4 is 20.7 Å². The Bertz CT molecular complexity index is 1650. The Hall–Kier alpha value is -4.56. The van der Waals surface area contributed by atoms with E-state index in [1.54, 1.807) is 0 Å². The van der Waals surface area contributed by atoms with Gasteiger partial charge < -0.3 is 25.6 Å². The molecule has 244 valence electrons. The number of anilines is 3. The number of aromatic nitrogens is 2. The maximum absolute atomic E-state index is 14.0. The molecule has 0 fully saturated rings. The lowest BCUT2D eigenvalue weighted by atomic mass is 9.98. The second kappa shape index (κ2) is 14.7. The van der Waals surface area contributed by atoms with Crippen LogP contribution in [0.4, 0.5) is 48.5 Å². The number of amides is 2. The second-order valence-electron chi connectivity index (χ2n) is 10.3. The average molecular weight is 667 g/mol. The number of hydrogen-bond acceptors (Lipinski definition) is 6. The molecule has 3 N–H and O–H groups in total. The zero-order valence-electron chi connectivity index (χ0n) is 24.6. The van der Waals surface area contributed by atoms with Crippen molar-refractivity contribution in [2.75, 3.05) is 43.1 Å². The molecule has 0 aliphatic carbocycles. The zero-order chi connectivity index (χ0) is 33.5. The molecule has 0 radical (unpaired) electrons. The van der Waals surface area contributed by atoms with Crippen molar-refractivity contribution in [3.05, 3.63) is 89.1 Å². The minimum absolute atomic E-state index is 0.0140. The zero-order valence-corrected chi connectivity index (χ0v) is 25.3. The molecule has 0 aliphatic heterocycles. The molecular weight excluding hydrogens is 638 g/mol. The van der Waals surface area contributed by atoms with Crippen molar-refractivity contribution in [2.24, 2.45) is 0 Å². The van der Waals surface area contributed by atoms with Gasteiger partial charge in [-0.2, -0.15) is 31.3 Å². The van der Waals surface area contributed by atoms with E-state index >= 15 is 0 Å². The number of nitrogens with zero attached hydrogens (tertiary/aromatic N) is 3. The predicted molar refractivity (Wildman–Crippen MR) is 164 cm³/mol. The minimum Gasteiger partial charge on any atom is -0.439 e. The lowest BCUT2D eigenvalue weighted by Gasteiger charge is -2.17. The van der Waals surface area contributed by atoms with Crippen molar-refractivity contribution in [3.8, 4) is 22.8 Å². The van der Waals surface area contributed by atoms with Crippen molar-refractivity contribution in [3.63, 3.8) is 0 Å². The lowest BCUT2D eigenvalue weighted by Crippen LogP contribution is -2.22. The third kappa shape index (κ3) is 9.72. The summed E-state index contributed by atoms with van der Waals surface area (Å²) in [6, 6.07) is 11.7. The summed E-state index contributed by atoms with van der Waals surface area (Å²) < 4.78 is 89.1. The number of carbonyl (C=O) groups is 1. The SMILES string of the molecule is CN(C)CCCCNc1nccc(Oc2ccc(NC(=O)Nc3ccc(-c4ccc(Cl)cc4)c(C(F)(F)F)c3)c(C(F)(F)F)c2)n1. The number of benzene rings is 3. The summed E-state index contributed by atoms with van der Waals surface area (Å²) in [5.74, 6) is 0.00430. The Balaban J connectivity index is 1.47. The maximum atomic E-state index is 14.0. The van der Waals surface area contributed by atoms with Crippen molar-refractivity contribution < 1.29 is 35.9 Å². The van der Waals surface area contributed by atoms with Gasteiger partial charge in [0.1, 0.15) is 5.75 Å². The first kappa shape index (κ1) is 34.3. The Labute approximate surface area is 265 Å². The number of alkyl halides is 6. The first-order valence-electron chi connectivity index (χ1n) is 13.8. The Kier molecular flexibility index (Phi) is 11.0. The van der Waals surface area contributed by atoms with Crippen LogP contribution >= 0.6 is 11.6 Å². The van der Waals surface area contributed by atoms with E-state index in [1.807, 2.05) is 14.1 Å². The van der Waals surface area contributed by atoms with E-state index in [9.17, 15) is 31.1 Å². The van der Waals surface area contributed by atoms with Crippen molar-refractivity contribution >= 4 is 35.0 Å². The van der Waals surface area contributed by atoms with Gasteiger partial charge in [0, 0.05) is 29.5 Å². The number of halogens is 7. The van der Waals surface area contributed by atoms with E-state index in [-0.39, 0.29) is 34.4 Å². The van der Waals surface area contributed by atoms with Crippen LogP contribution in [0.2, 0.25) is 5.02 Å². The lowest BCUT2D eigenvalue weighted by molar-refractivity contribution is -0.137. The molecule has 4 rings (SSSR count). The second-order valence-corrected chi connectivity index (χ2v) is 10.7. The van der Waals surface area contributed by atoms with E-state index in [2.05, 4.69) is 30.8 Å². The quantitative estimate of drug-likeness (QED) is 0.109. The molecule has 3 aromatic carbocycles. The highest BCUT2D eigenvalue weighted by atomic mass is 35.5. The van der Waals surface area contributed by atoms with Gasteiger partial charge in [0.15, 0.2) is 0 Å². The van der Waals surface area contributed by atoms with Crippen LogP contribution in [0.25, 0.3) is 11.1 Å². The van der Waals surface area contributed by atoms with E-state index < -0.39 is 35.2 Å². The van der Waals surface area contributed by atoms with Crippen LogP contribution in [-0.2, 0) is 12.4 Å². The van der Waals surface area contributed by atoms with Gasteiger partial charge in [0.05, 0.1) is 16.8 Å². The molecule has 0 bridgehead atoms. The fraction of sp³-hybridized carbons (Fsp3) is 0.258. The van der Waals surface area contributed by atoms with Crippen LogP contribution in [0.1, 0.15) is 24.0 Å². The molecule has 15 heteroatoms. The number of unbranched alkanes of at least 4 members (excludes halogenated alkanes) is 1. The van der Waals surface area contributed by atoms with Gasteiger partial charge in [0.25, 0.3) is 0 Å². The summed E-state index contributed by atoms with van der Waals surface area (Å²) in [5, 5.41) is 7.59. The molecule has 46 heavy (non-hydrogen) atoms. The largest absolute Gasteiger partial charge is 0.439 e. The fourth-order valence-electron chi connectivity index (χ4n) is 4.31. The van der Waals surface area contributed by atoms with Crippen LogP contribution in [0, 0.1) is 0 Å². The van der Waals surface area contributed by atoms with Crippen molar-refractivity contribution in [1.29, 1.82) is 0 Å². The van der Waals surface area contributed by atoms with E-state index in [0.29, 0.717) is 23.7 Å². The van der Waals surface area contributed by atoms with E-state index in [4.69, 9.17) is 16.3 Å². The highest BCUT2D eigenvalue weighted by Gasteiger charge is 2.36. The van der Waals surface area contributed by atoms with Gasteiger partial charge in [-0.15, -0.1) is 0 Å². The predicted octanol–water partition coefficient (Wildman–Crippen LogP) is 9.02. The summed E-state index contributed by atoms with van der Waals surface area (Å²) in [6.45, 7) is 1.50. The maximum Gasteiger partial charge on any atom is 0.418 e. The molecule has 0 unspecified atom stereocenters. The Morgan fingerprint density at radius 2 is 1.59 bits per heavy atom. The standard InChI is InChI=1S/C31H29ClF6N6O2/c1-44(2)16-4-3-14-39-28-40-15-13-27(43-28)46-22-10-12-26(25(18-22)31(36,37)38)42-29(45)41-21-9-11-23(24(17-21)30(33,34)35)19-5-7-20(32)8-6-19/h5-13,15,17-18H,3-4,14,16H2,1-2H3,(H,39,40,43)(H2,41,42,45). The highest BCUT2D eigenvalue weighted by molar-refractivity contribution is 6.30. The molecule has 0 spiro atoms. The average Bonchev–Trinajstić information content (AvgIpc) is 2.97. The number of ether oxygens (including phenoxy) is 1. The Morgan fingerprint density at radius 1 is 0.870 bits per heavy atom. The smallest absolute Gasteiger partial charge is 0.418 e. The van der Waals surface area contributed by atoms with Gasteiger partial charge in [0.2, 0.25) is 11.8 Å². The van der Waals surface area contributed by atoms with E-state index in [0.717, 1.165) is 31.5 Å². The van der Waals surface area contributed by atoms with Gasteiger partial charge in [-0.1, -0.05) is 29.8 Å². The first-order valence-corrected chi connectivity index (χ1v) is 14.2. The van der Waals surface area contributed by atoms with Crippen LogP contribution in [0.3, 0.4) is 0 Å². The fourth-order valence-corrected chi connectivity index (χ4v) is 4.44. The Morgan fingerprint density at radius 3 is 2.26 bits per heavy atom.